The number of para-hydroxylation sites is 1. The summed E-state index contributed by atoms with van der Waals surface area (Å²) in [7, 11) is -3.48. The van der Waals surface area contributed by atoms with E-state index in [9.17, 15) is 18.0 Å². The van der Waals surface area contributed by atoms with Crippen LogP contribution in [-0.4, -0.2) is 55.3 Å². The summed E-state index contributed by atoms with van der Waals surface area (Å²) in [5, 5.41) is 3.02. The minimum absolute atomic E-state index is 0.0307. The molecule has 42 heavy (non-hydrogen) atoms. The van der Waals surface area contributed by atoms with E-state index in [0.717, 1.165) is 25.1 Å². The van der Waals surface area contributed by atoms with E-state index in [0.29, 0.717) is 29.5 Å². The van der Waals surface area contributed by atoms with Gasteiger partial charge in [-0.3, -0.25) is 9.36 Å². The van der Waals surface area contributed by atoms with Gasteiger partial charge in [0.15, 0.2) is 9.84 Å². The first-order valence-electron chi connectivity index (χ1n) is 13.7. The van der Waals surface area contributed by atoms with Crippen LogP contribution in [0.25, 0.3) is 11.3 Å². The highest BCUT2D eigenvalue weighted by atomic mass is 32.2. The Labute approximate surface area is 245 Å². The van der Waals surface area contributed by atoms with Crippen LogP contribution in [0, 0.1) is 5.92 Å². The predicted octanol–water partition coefficient (Wildman–Crippen LogP) is 4.11. The number of nitrogens with two attached hydrogens (primary N) is 1. The van der Waals surface area contributed by atoms with Gasteiger partial charge in [-0.1, -0.05) is 31.2 Å². The second-order valence-corrected chi connectivity index (χ2v) is 12.5. The summed E-state index contributed by atoms with van der Waals surface area (Å²) in [4.78, 5) is 31.5. The topological polar surface area (TPSA) is 137 Å². The number of hydrogen-bond acceptors (Lipinski definition) is 7. The Hall–Kier alpha value is -4.64. The highest BCUT2D eigenvalue weighted by Gasteiger charge is 2.23. The number of sulfone groups is 1. The number of amides is 2. The van der Waals surface area contributed by atoms with Gasteiger partial charge >= 0.3 is 6.03 Å². The van der Waals surface area contributed by atoms with Gasteiger partial charge in [0, 0.05) is 48.2 Å². The Bertz CT molecular complexity index is 1670. The molecule has 0 radical (unpaired) electrons. The number of hydrogen-bond donors (Lipinski definition) is 2. The third-order valence-corrected chi connectivity index (χ3v) is 9.13. The van der Waals surface area contributed by atoms with Crippen LogP contribution in [0.2, 0.25) is 0 Å². The van der Waals surface area contributed by atoms with Crippen molar-refractivity contribution in [3.63, 3.8) is 0 Å². The number of carbonyl (C=O) groups excluding carboxylic acids is 2. The minimum Gasteiger partial charge on any atom is -0.489 e. The Morgan fingerprint density at radius 3 is 2.55 bits per heavy atom. The van der Waals surface area contributed by atoms with Crippen molar-refractivity contribution in [1.82, 2.24) is 14.9 Å². The maximum Gasteiger partial charge on any atom is 0.326 e. The fourth-order valence-corrected chi connectivity index (χ4v) is 5.84. The summed E-state index contributed by atoms with van der Waals surface area (Å²) in [5.74, 6) is 0.114. The third-order valence-electron chi connectivity index (χ3n) is 7.40. The monoisotopic (exact) mass is 587 g/mol. The van der Waals surface area contributed by atoms with Crippen LogP contribution in [0.3, 0.4) is 0 Å². The van der Waals surface area contributed by atoms with Crippen molar-refractivity contribution in [2.75, 3.05) is 30.3 Å². The van der Waals surface area contributed by atoms with Crippen LogP contribution in [0.5, 0.6) is 5.75 Å². The van der Waals surface area contributed by atoms with Crippen LogP contribution in [-0.2, 0) is 16.4 Å². The number of rotatable bonds is 10. The molecule has 3 aromatic carbocycles. The van der Waals surface area contributed by atoms with E-state index in [2.05, 4.69) is 27.3 Å². The van der Waals surface area contributed by atoms with Crippen molar-refractivity contribution in [3.8, 4) is 17.0 Å². The first-order valence-corrected chi connectivity index (χ1v) is 15.4. The van der Waals surface area contributed by atoms with Gasteiger partial charge in [0.2, 0.25) is 5.91 Å². The van der Waals surface area contributed by atoms with Crippen LogP contribution in [0.1, 0.15) is 29.3 Å². The standard InChI is InChI=1S/C31H33N5O5S/c1-2-42(39,40)27-13-10-24(28(16-27)30(32)37)20-41-26-11-8-23(9-12-26)29-19-36(21-34-29)31(38)33-17-22-14-15-35(18-22)25-6-4-3-5-7-25/h3-13,16,19,21-22H,2,14-15,17-18,20H2,1H3,(H2,32,37)(H,33,38). The number of anilines is 1. The molecule has 0 bridgehead atoms. The molecule has 0 aliphatic carbocycles. The van der Waals surface area contributed by atoms with Gasteiger partial charge in [0.25, 0.3) is 0 Å². The molecule has 4 aromatic rings. The van der Waals surface area contributed by atoms with E-state index >= 15 is 0 Å². The van der Waals surface area contributed by atoms with Crippen molar-refractivity contribution in [2.45, 2.75) is 24.8 Å². The fourth-order valence-electron chi connectivity index (χ4n) is 4.93. The van der Waals surface area contributed by atoms with Gasteiger partial charge in [-0.05, 0) is 60.9 Å². The van der Waals surface area contributed by atoms with Crippen LogP contribution in [0.4, 0.5) is 10.5 Å². The zero-order valence-electron chi connectivity index (χ0n) is 23.3. The van der Waals surface area contributed by atoms with E-state index in [-0.39, 0.29) is 28.8 Å². The van der Waals surface area contributed by atoms with Crippen molar-refractivity contribution < 1.29 is 22.7 Å². The lowest BCUT2D eigenvalue weighted by molar-refractivity contribution is 0.0997. The molecule has 2 amide bonds. The van der Waals surface area contributed by atoms with E-state index in [4.69, 9.17) is 10.5 Å². The van der Waals surface area contributed by atoms with Gasteiger partial charge in [0.05, 0.1) is 16.3 Å². The molecule has 2 heterocycles. The van der Waals surface area contributed by atoms with Gasteiger partial charge in [-0.25, -0.2) is 18.2 Å². The summed E-state index contributed by atoms with van der Waals surface area (Å²) in [5.41, 5.74) is 8.72. The molecular formula is C31H33N5O5S. The largest absolute Gasteiger partial charge is 0.489 e. The van der Waals surface area contributed by atoms with Gasteiger partial charge in [-0.2, -0.15) is 0 Å². The van der Waals surface area contributed by atoms with Crippen LogP contribution < -0.4 is 20.7 Å². The summed E-state index contributed by atoms with van der Waals surface area (Å²) >= 11 is 0. The molecule has 0 spiro atoms. The number of imidazole rings is 1. The number of carbonyl (C=O) groups is 2. The SMILES string of the molecule is CCS(=O)(=O)c1ccc(COc2ccc(-c3cn(C(=O)NCC4CCN(c5ccccc5)C4)cn3)cc2)c(C(N)=O)c1. The van der Waals surface area contributed by atoms with Gasteiger partial charge in [-0.15, -0.1) is 0 Å². The molecule has 1 atom stereocenters. The van der Waals surface area contributed by atoms with E-state index in [1.54, 1.807) is 24.4 Å². The summed E-state index contributed by atoms with van der Waals surface area (Å²) in [6.45, 7) is 4.04. The fraction of sp³-hybridized carbons (Fsp3) is 0.258. The quantitative estimate of drug-likeness (QED) is 0.285. The number of nitrogens with one attached hydrogen (secondary N) is 1. The number of aromatic nitrogens is 2. The Morgan fingerprint density at radius 2 is 1.83 bits per heavy atom. The van der Waals surface area contributed by atoms with Crippen molar-refractivity contribution in [1.29, 1.82) is 0 Å². The molecule has 1 aromatic heterocycles. The maximum atomic E-state index is 12.8. The summed E-state index contributed by atoms with van der Waals surface area (Å²) in [6.07, 6.45) is 4.20. The van der Waals surface area contributed by atoms with Gasteiger partial charge < -0.3 is 20.7 Å². The lowest BCUT2D eigenvalue weighted by Gasteiger charge is -2.18. The third kappa shape index (κ3) is 6.63. The molecule has 1 saturated heterocycles. The average molecular weight is 588 g/mol. The molecule has 1 aliphatic rings. The summed E-state index contributed by atoms with van der Waals surface area (Å²) < 4.78 is 31.6. The number of nitrogens with zero attached hydrogens (tertiary/aromatic N) is 3. The van der Waals surface area contributed by atoms with Crippen molar-refractivity contribution >= 4 is 27.5 Å². The molecule has 218 valence electrons. The van der Waals surface area contributed by atoms with Crippen LogP contribution in [0.15, 0.2) is 90.2 Å². The van der Waals surface area contributed by atoms with Crippen molar-refractivity contribution in [2.24, 2.45) is 11.7 Å². The molecule has 1 fully saturated rings. The lowest BCUT2D eigenvalue weighted by Crippen LogP contribution is -2.33. The molecular weight excluding hydrogens is 554 g/mol. The Morgan fingerprint density at radius 1 is 1.07 bits per heavy atom. The number of ether oxygens (including phenoxy) is 1. The van der Waals surface area contributed by atoms with Crippen LogP contribution >= 0.6 is 0 Å². The Balaban J connectivity index is 1.15. The highest BCUT2D eigenvalue weighted by molar-refractivity contribution is 7.91. The Kier molecular flexibility index (Phi) is 8.58. The maximum absolute atomic E-state index is 12.8. The molecule has 3 N–H and O–H groups in total. The molecule has 5 rings (SSSR count). The zero-order chi connectivity index (χ0) is 29.7. The minimum atomic E-state index is -3.48. The second-order valence-electron chi connectivity index (χ2n) is 10.2. The second kappa shape index (κ2) is 12.5. The normalized spacial score (nSPS) is 15.0. The highest BCUT2D eigenvalue weighted by Crippen LogP contribution is 2.25. The van der Waals surface area contributed by atoms with E-state index in [1.807, 2.05) is 30.3 Å². The first-order chi connectivity index (χ1) is 20.2. The zero-order valence-corrected chi connectivity index (χ0v) is 24.1. The van der Waals surface area contributed by atoms with E-state index in [1.165, 1.54) is 35.6 Å². The summed E-state index contributed by atoms with van der Waals surface area (Å²) in [6, 6.07) is 21.5. The van der Waals surface area contributed by atoms with E-state index < -0.39 is 15.7 Å². The predicted molar refractivity (Wildman–Crippen MR) is 160 cm³/mol. The average Bonchev–Trinajstić information content (AvgIpc) is 3.70. The molecule has 1 unspecified atom stereocenters. The van der Waals surface area contributed by atoms with Crippen molar-refractivity contribution in [3.05, 3.63) is 96.4 Å². The molecule has 0 saturated carbocycles. The molecule has 11 heteroatoms. The number of benzene rings is 3. The van der Waals surface area contributed by atoms with Gasteiger partial charge in [0.1, 0.15) is 18.7 Å². The first kappa shape index (κ1) is 28.9. The lowest BCUT2D eigenvalue weighted by atomic mass is 10.1. The number of primary amides is 1. The molecule has 1 aliphatic heterocycles. The smallest absolute Gasteiger partial charge is 0.326 e. The molecule has 10 nitrogen and oxygen atoms in total.